The lowest BCUT2D eigenvalue weighted by Gasteiger charge is -2.22. The van der Waals surface area contributed by atoms with E-state index in [1.165, 1.54) is 17.4 Å². The predicted molar refractivity (Wildman–Crippen MR) is 94.7 cm³/mol. The van der Waals surface area contributed by atoms with E-state index in [0.29, 0.717) is 12.2 Å². The fourth-order valence-corrected chi connectivity index (χ4v) is 2.45. The lowest BCUT2D eigenvalue weighted by atomic mass is 10.2. The van der Waals surface area contributed by atoms with Crippen molar-refractivity contribution in [3.8, 4) is 0 Å². The summed E-state index contributed by atoms with van der Waals surface area (Å²) in [5.41, 5.74) is 2.43. The van der Waals surface area contributed by atoms with Gasteiger partial charge in [-0.1, -0.05) is 48.5 Å². The maximum atomic E-state index is 12.5. The van der Waals surface area contributed by atoms with Gasteiger partial charge in [0.15, 0.2) is 0 Å². The average molecular weight is 337 g/mol. The van der Waals surface area contributed by atoms with Gasteiger partial charge < -0.3 is 14.2 Å². The zero-order valence-corrected chi connectivity index (χ0v) is 13.7. The molecule has 0 aliphatic carbocycles. The molecular formula is C20H19NO4. The quantitative estimate of drug-likeness (QED) is 0.727. The number of benzene rings is 2. The first kappa shape index (κ1) is 16.6. The molecule has 0 fully saturated rings. The van der Waals surface area contributed by atoms with Crippen molar-refractivity contribution in [1.82, 2.24) is 0 Å². The molecular weight excluding hydrogens is 318 g/mol. The number of rotatable bonds is 6. The van der Waals surface area contributed by atoms with Gasteiger partial charge in [-0.2, -0.15) is 0 Å². The number of nitrogens with zero attached hydrogens (tertiary/aromatic N) is 1. The van der Waals surface area contributed by atoms with Crippen molar-refractivity contribution in [2.75, 3.05) is 11.4 Å². The first-order valence-electron chi connectivity index (χ1n) is 7.93. The summed E-state index contributed by atoms with van der Waals surface area (Å²) >= 11 is 0. The molecule has 2 aromatic carbocycles. The lowest BCUT2D eigenvalue weighted by molar-refractivity contribution is -0.0245. The van der Waals surface area contributed by atoms with Crippen molar-refractivity contribution in [3.05, 3.63) is 90.9 Å². The molecule has 128 valence electrons. The molecule has 1 aliphatic heterocycles. The van der Waals surface area contributed by atoms with E-state index < -0.39 is 12.4 Å². The van der Waals surface area contributed by atoms with Gasteiger partial charge in [-0.25, -0.2) is 4.79 Å². The highest BCUT2D eigenvalue weighted by Gasteiger charge is 2.20. The molecule has 0 saturated carbocycles. The Hall–Kier alpha value is -3.21. The van der Waals surface area contributed by atoms with E-state index in [2.05, 4.69) is 6.58 Å². The van der Waals surface area contributed by atoms with E-state index in [1.54, 1.807) is 6.08 Å². The van der Waals surface area contributed by atoms with Crippen molar-refractivity contribution in [2.45, 2.75) is 12.9 Å². The van der Waals surface area contributed by atoms with Gasteiger partial charge >= 0.3 is 6.09 Å². The first-order valence-corrected chi connectivity index (χ1v) is 7.93. The normalized spacial score (nSPS) is 13.0. The lowest BCUT2D eigenvalue weighted by Crippen LogP contribution is -2.31. The van der Waals surface area contributed by atoms with Gasteiger partial charge in [0.25, 0.3) is 6.29 Å². The monoisotopic (exact) mass is 337 g/mol. The minimum absolute atomic E-state index is 0.214. The third-order valence-corrected chi connectivity index (χ3v) is 3.65. The van der Waals surface area contributed by atoms with E-state index in [1.807, 2.05) is 54.6 Å². The number of carbonyl (C=O) groups is 1. The van der Waals surface area contributed by atoms with Crippen LogP contribution in [0, 0.1) is 0 Å². The summed E-state index contributed by atoms with van der Waals surface area (Å²) in [6, 6.07) is 16.9. The molecule has 5 heteroatoms. The summed E-state index contributed by atoms with van der Waals surface area (Å²) in [5, 5.41) is 0. The molecule has 0 saturated heterocycles. The number of ether oxygens (including phenoxy) is 3. The zero-order valence-electron chi connectivity index (χ0n) is 13.7. The molecule has 5 nitrogen and oxygen atoms in total. The Morgan fingerprint density at radius 3 is 2.60 bits per heavy atom. The van der Waals surface area contributed by atoms with Crippen molar-refractivity contribution >= 4 is 11.8 Å². The van der Waals surface area contributed by atoms with Crippen LogP contribution in [-0.4, -0.2) is 12.6 Å². The minimum atomic E-state index is -0.495. The molecule has 1 heterocycles. The fraction of sp³-hybridized carbons (Fsp3) is 0.150. The number of amides is 1. The van der Waals surface area contributed by atoms with Crippen LogP contribution in [0.25, 0.3) is 0 Å². The number of anilines is 1. The van der Waals surface area contributed by atoms with Crippen LogP contribution in [0.15, 0.2) is 79.8 Å². The summed E-state index contributed by atoms with van der Waals surface area (Å²) in [7, 11) is 0. The summed E-state index contributed by atoms with van der Waals surface area (Å²) in [4.78, 5) is 14.0. The van der Waals surface area contributed by atoms with Crippen LogP contribution in [0.4, 0.5) is 10.5 Å². The zero-order chi connectivity index (χ0) is 17.5. The minimum Gasteiger partial charge on any atom is -0.455 e. The number of hydrogen-bond acceptors (Lipinski definition) is 4. The highest BCUT2D eigenvalue weighted by atomic mass is 16.7. The highest BCUT2D eigenvalue weighted by Crippen LogP contribution is 2.27. The molecule has 0 unspecified atom stereocenters. The van der Waals surface area contributed by atoms with Crippen LogP contribution in [-0.2, 0) is 20.8 Å². The van der Waals surface area contributed by atoms with Gasteiger partial charge in [-0.05, 0) is 17.7 Å². The summed E-state index contributed by atoms with van der Waals surface area (Å²) in [6.45, 7) is 4.27. The molecule has 1 amide bonds. The van der Waals surface area contributed by atoms with Crippen molar-refractivity contribution in [3.63, 3.8) is 0 Å². The molecule has 0 atom stereocenters. The highest BCUT2D eigenvalue weighted by molar-refractivity contribution is 5.88. The Labute approximate surface area is 146 Å². The van der Waals surface area contributed by atoms with E-state index in [9.17, 15) is 4.79 Å². The van der Waals surface area contributed by atoms with E-state index in [0.717, 1.165) is 11.1 Å². The van der Waals surface area contributed by atoms with Crippen LogP contribution in [0.2, 0.25) is 0 Å². The average Bonchev–Trinajstić information content (AvgIpc) is 3.20. The molecule has 25 heavy (non-hydrogen) atoms. The third-order valence-electron chi connectivity index (χ3n) is 3.65. The Kier molecular flexibility index (Phi) is 5.36. The summed E-state index contributed by atoms with van der Waals surface area (Å²) < 4.78 is 16.1. The second-order valence-electron chi connectivity index (χ2n) is 5.41. The SMILES string of the molecule is C=CCN(C(=O)OCc1ccccc1)c1cccc(C2OC=CO2)c1. The van der Waals surface area contributed by atoms with E-state index >= 15 is 0 Å². The molecule has 2 aromatic rings. The fourth-order valence-electron chi connectivity index (χ4n) is 2.45. The van der Waals surface area contributed by atoms with Crippen LogP contribution in [0.1, 0.15) is 17.4 Å². The summed E-state index contributed by atoms with van der Waals surface area (Å²) in [5.74, 6) is 0. The van der Waals surface area contributed by atoms with Gasteiger partial charge in [0, 0.05) is 17.8 Å². The van der Waals surface area contributed by atoms with Crippen LogP contribution < -0.4 is 4.90 Å². The van der Waals surface area contributed by atoms with Gasteiger partial charge in [-0.15, -0.1) is 6.58 Å². The molecule has 0 bridgehead atoms. The van der Waals surface area contributed by atoms with Crippen LogP contribution in [0.3, 0.4) is 0 Å². The topological polar surface area (TPSA) is 48.0 Å². The molecule has 3 rings (SSSR count). The second kappa shape index (κ2) is 8.06. The number of carbonyl (C=O) groups excluding carboxylic acids is 1. The molecule has 0 spiro atoms. The Bertz CT molecular complexity index is 749. The van der Waals surface area contributed by atoms with E-state index in [4.69, 9.17) is 14.2 Å². The smallest absolute Gasteiger partial charge is 0.414 e. The second-order valence-corrected chi connectivity index (χ2v) is 5.41. The predicted octanol–water partition coefficient (Wildman–Crippen LogP) is 4.53. The Balaban J connectivity index is 1.72. The molecule has 0 radical (unpaired) electrons. The third kappa shape index (κ3) is 4.20. The standard InChI is InChI=1S/C20H19NO4/c1-2-11-21(20(22)25-15-16-7-4-3-5-8-16)18-10-6-9-17(14-18)19-23-12-13-24-19/h2-10,12-14,19H,1,11,15H2. The first-order chi connectivity index (χ1) is 12.3. The maximum Gasteiger partial charge on any atom is 0.414 e. The number of hydrogen-bond donors (Lipinski definition) is 0. The van der Waals surface area contributed by atoms with Crippen molar-refractivity contribution in [2.24, 2.45) is 0 Å². The molecule has 0 N–H and O–H groups in total. The van der Waals surface area contributed by atoms with Crippen LogP contribution in [0.5, 0.6) is 0 Å². The van der Waals surface area contributed by atoms with Crippen molar-refractivity contribution in [1.29, 1.82) is 0 Å². The Morgan fingerprint density at radius 2 is 1.88 bits per heavy atom. The van der Waals surface area contributed by atoms with Gasteiger partial charge in [0.1, 0.15) is 19.1 Å². The van der Waals surface area contributed by atoms with Gasteiger partial charge in [0.2, 0.25) is 0 Å². The van der Waals surface area contributed by atoms with Gasteiger partial charge in [0.05, 0.1) is 0 Å². The summed E-state index contributed by atoms with van der Waals surface area (Å²) in [6.07, 6.45) is 3.71. The Morgan fingerprint density at radius 1 is 1.12 bits per heavy atom. The van der Waals surface area contributed by atoms with E-state index in [-0.39, 0.29) is 6.61 Å². The maximum absolute atomic E-state index is 12.5. The van der Waals surface area contributed by atoms with Crippen molar-refractivity contribution < 1.29 is 19.0 Å². The van der Waals surface area contributed by atoms with Gasteiger partial charge in [-0.3, -0.25) is 4.90 Å². The molecule has 0 aromatic heterocycles. The molecule has 1 aliphatic rings. The largest absolute Gasteiger partial charge is 0.455 e. The van der Waals surface area contributed by atoms with Crippen LogP contribution >= 0.6 is 0 Å².